The first-order chi connectivity index (χ1) is 18.6. The van der Waals surface area contributed by atoms with Gasteiger partial charge in [0.2, 0.25) is 5.91 Å². The number of aliphatic hydroxyl groups excluding tert-OH is 1. The Hall–Kier alpha value is -2.13. The van der Waals surface area contributed by atoms with Crippen LogP contribution < -0.4 is 0 Å². The van der Waals surface area contributed by atoms with Crippen molar-refractivity contribution in [1.29, 1.82) is 0 Å². The van der Waals surface area contributed by atoms with Crippen LogP contribution in [0.3, 0.4) is 0 Å². The van der Waals surface area contributed by atoms with Crippen molar-refractivity contribution in [3.8, 4) is 0 Å². The highest BCUT2D eigenvalue weighted by Gasteiger charge is 2.53. The van der Waals surface area contributed by atoms with Crippen molar-refractivity contribution < 1.29 is 28.2 Å². The van der Waals surface area contributed by atoms with E-state index >= 15 is 0 Å². The van der Waals surface area contributed by atoms with Gasteiger partial charge in [-0.05, 0) is 68.5 Å². The van der Waals surface area contributed by atoms with Gasteiger partial charge in [0.25, 0.3) is 0 Å². The fourth-order valence-corrected chi connectivity index (χ4v) is 7.00. The van der Waals surface area contributed by atoms with E-state index in [-0.39, 0.29) is 42.9 Å². The average Bonchev–Trinajstić information content (AvgIpc) is 2.85. The van der Waals surface area contributed by atoms with Crippen LogP contribution in [0.1, 0.15) is 77.5 Å². The molecule has 0 bridgehead atoms. The molecule has 10 heteroatoms. The molecule has 0 aliphatic carbocycles. The zero-order valence-electron chi connectivity index (χ0n) is 24.0. The maximum absolute atomic E-state index is 14.3. The molecule has 1 saturated heterocycles. The van der Waals surface area contributed by atoms with Crippen molar-refractivity contribution in [3.63, 3.8) is 0 Å². The molecular formula is C30H41Cl2NO6S. The molecule has 1 aliphatic rings. The molecule has 0 spiro atoms. The maximum atomic E-state index is 14.3. The number of sulfone groups is 1. The maximum Gasteiger partial charge on any atom is 0.304 e. The highest BCUT2D eigenvalue weighted by atomic mass is 35.5. The van der Waals surface area contributed by atoms with Gasteiger partial charge in [0, 0.05) is 28.6 Å². The number of carboxylic acid groups (broad SMARTS) is 1. The number of carbonyl (C=O) groups excluding carboxylic acids is 1. The lowest BCUT2D eigenvalue weighted by Crippen LogP contribution is -2.59. The number of amides is 1. The molecule has 7 nitrogen and oxygen atoms in total. The number of carboxylic acids is 1. The van der Waals surface area contributed by atoms with E-state index in [0.717, 1.165) is 11.1 Å². The van der Waals surface area contributed by atoms with Crippen molar-refractivity contribution in [2.24, 2.45) is 11.3 Å². The summed E-state index contributed by atoms with van der Waals surface area (Å²) in [6.45, 7) is 10.6. The SMILES string of the molecule is CC(C)[C@@H](CS(=O)(=O)C(C)C)N1C(=O)[C@@](C)(CC(=O)O)C[C@H](c2cccc(Cl)c2)[C@H]1c1ccc(Cl)cc1.CCO. The average molecular weight is 615 g/mol. The summed E-state index contributed by atoms with van der Waals surface area (Å²) >= 11 is 12.5. The first-order valence-corrected chi connectivity index (χ1v) is 15.9. The summed E-state index contributed by atoms with van der Waals surface area (Å²) in [7, 11) is -3.53. The molecule has 2 aromatic rings. The van der Waals surface area contributed by atoms with Crippen LogP contribution in [0.2, 0.25) is 10.0 Å². The van der Waals surface area contributed by atoms with Gasteiger partial charge >= 0.3 is 5.97 Å². The minimum atomic E-state index is -3.53. The Morgan fingerprint density at radius 1 is 1.05 bits per heavy atom. The summed E-state index contributed by atoms with van der Waals surface area (Å²) in [6, 6.07) is 13.3. The number of carbonyl (C=O) groups is 2. The fraction of sp³-hybridized carbons (Fsp3) is 0.533. The van der Waals surface area contributed by atoms with Crippen molar-refractivity contribution in [3.05, 3.63) is 69.7 Å². The summed E-state index contributed by atoms with van der Waals surface area (Å²) in [5.41, 5.74) is 0.416. The Labute approximate surface area is 248 Å². The largest absolute Gasteiger partial charge is 0.481 e. The molecule has 0 radical (unpaired) electrons. The Kier molecular flexibility index (Phi) is 12.1. The smallest absolute Gasteiger partial charge is 0.304 e. The summed E-state index contributed by atoms with van der Waals surface area (Å²) < 4.78 is 26.3. The number of aliphatic carboxylic acids is 1. The molecule has 1 fully saturated rings. The third kappa shape index (κ3) is 8.21. The molecule has 0 unspecified atom stereocenters. The molecule has 222 valence electrons. The first kappa shape index (κ1) is 34.1. The van der Waals surface area contributed by atoms with Gasteiger partial charge < -0.3 is 15.1 Å². The molecule has 1 amide bonds. The highest BCUT2D eigenvalue weighted by molar-refractivity contribution is 7.92. The number of piperidine rings is 1. The molecule has 2 aromatic carbocycles. The minimum absolute atomic E-state index is 0.209. The number of nitrogens with zero attached hydrogens (tertiary/aromatic N) is 1. The summed E-state index contributed by atoms with van der Waals surface area (Å²) in [6.07, 6.45) is -0.0987. The predicted octanol–water partition coefficient (Wildman–Crippen LogP) is 6.38. The second kappa shape index (κ2) is 14.2. The van der Waals surface area contributed by atoms with Gasteiger partial charge in [0.05, 0.1) is 28.9 Å². The van der Waals surface area contributed by atoms with E-state index in [1.807, 2.05) is 44.2 Å². The molecule has 40 heavy (non-hydrogen) atoms. The van der Waals surface area contributed by atoms with Crippen LogP contribution in [0.4, 0.5) is 0 Å². The zero-order valence-corrected chi connectivity index (χ0v) is 26.3. The second-order valence-electron chi connectivity index (χ2n) is 11.2. The van der Waals surface area contributed by atoms with Gasteiger partial charge in [0.15, 0.2) is 9.84 Å². The quantitative estimate of drug-likeness (QED) is 0.339. The Morgan fingerprint density at radius 2 is 1.62 bits per heavy atom. The number of likely N-dealkylation sites (tertiary alicyclic amines) is 1. The number of hydrogen-bond donors (Lipinski definition) is 2. The van der Waals surface area contributed by atoms with Gasteiger partial charge in [-0.2, -0.15) is 0 Å². The van der Waals surface area contributed by atoms with Gasteiger partial charge in [-0.3, -0.25) is 9.59 Å². The monoisotopic (exact) mass is 613 g/mol. The normalized spacial score (nSPS) is 22.2. The van der Waals surface area contributed by atoms with Crippen molar-refractivity contribution in [2.75, 3.05) is 12.4 Å². The zero-order chi connectivity index (χ0) is 30.4. The van der Waals surface area contributed by atoms with E-state index < -0.39 is 38.6 Å². The van der Waals surface area contributed by atoms with Gasteiger partial charge in [-0.15, -0.1) is 0 Å². The molecule has 4 atom stereocenters. The van der Waals surface area contributed by atoms with E-state index in [1.165, 1.54) is 0 Å². The first-order valence-electron chi connectivity index (χ1n) is 13.5. The Bertz CT molecular complexity index is 1270. The minimum Gasteiger partial charge on any atom is -0.481 e. The van der Waals surface area contributed by atoms with Crippen LogP contribution in [-0.2, 0) is 19.4 Å². The standard InChI is InChI=1S/C28H35Cl2NO5S.C2H6O/c1-17(2)24(16-37(35,36)18(3)4)31-26(19-9-11-21(29)12-10-19)23(20-7-6-8-22(30)13-20)14-28(5,27(31)34)15-25(32)33;1-2-3/h6-13,17-18,23-24,26H,14-16H2,1-5H3,(H,32,33);3H,2H2,1H3/t23-,24-,26-,28-;/m1./s1. The second-order valence-corrected chi connectivity index (χ2v) is 14.7. The topological polar surface area (TPSA) is 112 Å². The molecule has 1 aliphatic heterocycles. The highest BCUT2D eigenvalue weighted by Crippen LogP contribution is 2.52. The summed E-state index contributed by atoms with van der Waals surface area (Å²) in [4.78, 5) is 27.9. The molecule has 3 rings (SSSR count). The van der Waals surface area contributed by atoms with Crippen LogP contribution in [0, 0.1) is 11.3 Å². The van der Waals surface area contributed by atoms with E-state index in [2.05, 4.69) is 0 Å². The number of rotatable bonds is 9. The van der Waals surface area contributed by atoms with Crippen LogP contribution in [-0.4, -0.2) is 59.1 Å². The summed E-state index contributed by atoms with van der Waals surface area (Å²) in [5, 5.41) is 17.8. The third-order valence-corrected chi connectivity index (χ3v) is 10.1. The van der Waals surface area contributed by atoms with Gasteiger partial charge in [0.1, 0.15) is 0 Å². The Balaban J connectivity index is 0.00000178. The van der Waals surface area contributed by atoms with E-state index in [4.69, 9.17) is 28.3 Å². The van der Waals surface area contributed by atoms with Gasteiger partial charge in [-0.1, -0.05) is 68.2 Å². The third-order valence-electron chi connectivity index (χ3n) is 7.38. The van der Waals surface area contributed by atoms with Crippen LogP contribution in [0.5, 0.6) is 0 Å². The van der Waals surface area contributed by atoms with Crippen molar-refractivity contribution >= 4 is 44.9 Å². The fourth-order valence-electron chi connectivity index (χ4n) is 5.27. The number of benzene rings is 2. The van der Waals surface area contributed by atoms with Crippen LogP contribution in [0.15, 0.2) is 48.5 Å². The van der Waals surface area contributed by atoms with Gasteiger partial charge in [-0.25, -0.2) is 8.42 Å². The molecular weight excluding hydrogens is 573 g/mol. The molecule has 0 saturated carbocycles. The molecule has 1 heterocycles. The lowest BCUT2D eigenvalue weighted by atomic mass is 9.66. The lowest BCUT2D eigenvalue weighted by Gasteiger charge is -2.52. The molecule has 2 N–H and O–H groups in total. The number of halogens is 2. The van der Waals surface area contributed by atoms with E-state index in [9.17, 15) is 23.1 Å². The molecule has 0 aromatic heterocycles. The van der Waals surface area contributed by atoms with Crippen molar-refractivity contribution in [2.45, 2.75) is 77.6 Å². The number of aliphatic hydroxyl groups is 1. The van der Waals surface area contributed by atoms with Crippen LogP contribution in [0.25, 0.3) is 0 Å². The number of hydrogen-bond acceptors (Lipinski definition) is 5. The Morgan fingerprint density at radius 3 is 2.10 bits per heavy atom. The van der Waals surface area contributed by atoms with Crippen LogP contribution >= 0.6 is 23.2 Å². The van der Waals surface area contributed by atoms with Crippen molar-refractivity contribution in [1.82, 2.24) is 4.90 Å². The lowest BCUT2D eigenvalue weighted by molar-refractivity contribution is -0.161. The predicted molar refractivity (Wildman–Crippen MR) is 161 cm³/mol. The summed E-state index contributed by atoms with van der Waals surface area (Å²) in [5.74, 6) is -2.19. The van der Waals surface area contributed by atoms with E-state index in [1.54, 1.807) is 50.8 Å². The van der Waals surface area contributed by atoms with E-state index in [0.29, 0.717) is 10.0 Å².